The molecule has 4 aliphatic heterocycles. The minimum absolute atomic E-state index is 0.0160. The largest absolute Gasteiger partial charge is 0.491 e. The zero-order valence-corrected chi connectivity index (χ0v) is 28.3. The second kappa shape index (κ2) is 13.2. The smallest absolute Gasteiger partial charge is 0.245 e. The van der Waals surface area contributed by atoms with Crippen LogP contribution in [0.3, 0.4) is 0 Å². The fourth-order valence-corrected chi connectivity index (χ4v) is 7.66. The van der Waals surface area contributed by atoms with E-state index >= 15 is 4.39 Å². The summed E-state index contributed by atoms with van der Waals surface area (Å²) in [5.41, 5.74) is 3.45. The predicted octanol–water partition coefficient (Wildman–Crippen LogP) is 4.13. The lowest BCUT2D eigenvalue weighted by Gasteiger charge is -2.42. The molecule has 1 unspecified atom stereocenters. The van der Waals surface area contributed by atoms with Gasteiger partial charge in [-0.1, -0.05) is 24.8 Å². The van der Waals surface area contributed by atoms with Crippen LogP contribution in [-0.4, -0.2) is 111 Å². The average molecular weight is 690 g/mol. The zero-order chi connectivity index (χ0) is 34.5. The Kier molecular flexibility index (Phi) is 8.25. The summed E-state index contributed by atoms with van der Waals surface area (Å²) in [6.45, 7) is 11.0. The van der Waals surface area contributed by atoms with Crippen molar-refractivity contribution in [3.05, 3.63) is 90.9 Å². The van der Waals surface area contributed by atoms with Crippen molar-refractivity contribution in [2.45, 2.75) is 31.0 Å². The number of carbonyl (C=O) groups is 1. The molecule has 51 heavy (non-hydrogen) atoms. The molecule has 13 heteroatoms. The molecule has 0 bridgehead atoms. The number of amides is 1. The van der Waals surface area contributed by atoms with Gasteiger partial charge in [-0.05, 0) is 49.2 Å². The maximum Gasteiger partial charge on any atom is 0.245 e. The summed E-state index contributed by atoms with van der Waals surface area (Å²) < 4.78 is 30.7. The molecule has 262 valence electrons. The lowest BCUT2D eigenvalue weighted by Crippen LogP contribution is -2.56. The van der Waals surface area contributed by atoms with Crippen molar-refractivity contribution < 1.29 is 18.7 Å². The molecular formula is C38H40FN9O3. The van der Waals surface area contributed by atoms with Crippen molar-refractivity contribution in [2.75, 3.05) is 64.0 Å². The van der Waals surface area contributed by atoms with Gasteiger partial charge >= 0.3 is 0 Å². The molecular weight excluding hydrogens is 649 g/mol. The van der Waals surface area contributed by atoms with Crippen LogP contribution in [0.15, 0.2) is 79.5 Å². The molecule has 1 atom stereocenters. The Balaban J connectivity index is 1.01. The third-order valence-electron chi connectivity index (χ3n) is 10.6. The van der Waals surface area contributed by atoms with E-state index in [-0.39, 0.29) is 23.8 Å². The highest BCUT2D eigenvalue weighted by Crippen LogP contribution is 2.37. The van der Waals surface area contributed by atoms with Crippen molar-refractivity contribution in [3.63, 3.8) is 0 Å². The Hall–Kier alpha value is -5.11. The first-order chi connectivity index (χ1) is 25.0. The van der Waals surface area contributed by atoms with Crippen molar-refractivity contribution in [1.82, 2.24) is 39.4 Å². The van der Waals surface area contributed by atoms with Gasteiger partial charge in [0.1, 0.15) is 29.5 Å². The number of carbonyl (C=O) groups excluding carboxylic acids is 1. The van der Waals surface area contributed by atoms with Crippen LogP contribution in [0.1, 0.15) is 24.4 Å². The monoisotopic (exact) mass is 689 g/mol. The van der Waals surface area contributed by atoms with Crippen LogP contribution in [-0.2, 0) is 9.53 Å². The third kappa shape index (κ3) is 5.94. The third-order valence-corrected chi connectivity index (χ3v) is 10.6. The number of hydrogen-bond donors (Lipinski definition) is 1. The summed E-state index contributed by atoms with van der Waals surface area (Å²) in [6, 6.07) is 19.5. The molecule has 3 saturated heterocycles. The Bertz CT molecular complexity index is 2090. The highest BCUT2D eigenvalue weighted by atomic mass is 19.1. The van der Waals surface area contributed by atoms with Crippen LogP contribution in [0.4, 0.5) is 10.2 Å². The Morgan fingerprint density at radius 2 is 1.75 bits per heavy atom. The average Bonchev–Trinajstić information content (AvgIpc) is 3.89. The van der Waals surface area contributed by atoms with E-state index < -0.39 is 0 Å². The molecule has 4 aliphatic rings. The zero-order valence-electron chi connectivity index (χ0n) is 28.3. The second-order valence-electron chi connectivity index (χ2n) is 13.7. The molecule has 3 fully saturated rings. The summed E-state index contributed by atoms with van der Waals surface area (Å²) in [4.78, 5) is 28.7. The van der Waals surface area contributed by atoms with Crippen LogP contribution < -0.4 is 15.0 Å². The molecule has 0 aliphatic carbocycles. The first-order valence-corrected chi connectivity index (χ1v) is 17.7. The lowest BCUT2D eigenvalue weighted by molar-refractivity contribution is -0.127. The van der Waals surface area contributed by atoms with Crippen molar-refractivity contribution in [2.24, 2.45) is 0 Å². The van der Waals surface area contributed by atoms with Crippen LogP contribution >= 0.6 is 0 Å². The standard InChI is InChI=1S/C38H40FN9O3/c1-2-36(49)46-14-11-25(12-15-46)40-32-24-51-33-21-26(7-8-29(32)33)48-37(28-5-3-4-6-30(28)39)41-31-9-10-34(42-38(31)48)47-16-13-35(43-47)45-19-17-44(18-20-45)27-22-50-23-27/h2-10,13,16,21,25,27,32,40H,1,11-12,14-15,17-20,22-24H2. The normalized spacial score (nSPS) is 20.0. The molecule has 1 N–H and O–H groups in total. The molecule has 3 aromatic heterocycles. The minimum atomic E-state index is -0.363. The fraction of sp³-hybridized carbons (Fsp3) is 0.368. The number of pyridine rings is 1. The van der Waals surface area contributed by atoms with Gasteiger partial charge in [0.15, 0.2) is 17.3 Å². The van der Waals surface area contributed by atoms with Gasteiger partial charge in [-0.15, -0.1) is 5.10 Å². The Labute approximate surface area is 295 Å². The molecule has 0 spiro atoms. The second-order valence-corrected chi connectivity index (χ2v) is 13.7. The van der Waals surface area contributed by atoms with E-state index in [1.807, 2.05) is 52.1 Å². The molecule has 5 aromatic rings. The number of nitrogens with one attached hydrogen (secondary N) is 1. The summed E-state index contributed by atoms with van der Waals surface area (Å²) in [6.07, 6.45) is 5.06. The van der Waals surface area contributed by atoms with Crippen molar-refractivity contribution >= 4 is 22.9 Å². The van der Waals surface area contributed by atoms with Gasteiger partial charge in [0, 0.05) is 69.2 Å². The number of rotatable bonds is 8. The first kappa shape index (κ1) is 31.8. The highest BCUT2D eigenvalue weighted by Gasteiger charge is 2.31. The van der Waals surface area contributed by atoms with Crippen molar-refractivity contribution in [3.8, 4) is 28.6 Å². The van der Waals surface area contributed by atoms with Gasteiger partial charge in [0.2, 0.25) is 5.91 Å². The SMILES string of the molecule is C=CC(=O)N1CCC(NC2COc3cc(-n4c(-c5ccccc5F)nc5ccc(-n6ccc(N7CCN(C8COC8)CC7)n6)nc54)ccc32)CC1. The lowest BCUT2D eigenvalue weighted by atomic mass is 10.0. The molecule has 0 radical (unpaired) electrons. The maximum absolute atomic E-state index is 15.3. The van der Waals surface area contributed by atoms with Gasteiger partial charge in [0.25, 0.3) is 0 Å². The van der Waals surface area contributed by atoms with E-state index in [0.717, 1.165) is 75.1 Å². The van der Waals surface area contributed by atoms with E-state index in [1.54, 1.807) is 16.8 Å². The quantitative estimate of drug-likeness (QED) is 0.241. The fourth-order valence-electron chi connectivity index (χ4n) is 7.66. The predicted molar refractivity (Wildman–Crippen MR) is 191 cm³/mol. The first-order valence-electron chi connectivity index (χ1n) is 17.7. The molecule has 0 saturated carbocycles. The Morgan fingerprint density at radius 1 is 0.922 bits per heavy atom. The van der Waals surface area contributed by atoms with Gasteiger partial charge in [-0.2, -0.15) is 0 Å². The number of piperidine rings is 1. The number of fused-ring (bicyclic) bond motifs is 2. The summed E-state index contributed by atoms with van der Waals surface area (Å²) in [7, 11) is 0. The van der Waals surface area contributed by atoms with Crippen LogP contribution in [0, 0.1) is 5.82 Å². The number of anilines is 1. The number of hydrogen-bond acceptors (Lipinski definition) is 9. The van der Waals surface area contributed by atoms with Gasteiger partial charge in [-0.25, -0.2) is 19.0 Å². The number of benzene rings is 2. The topological polar surface area (TPSA) is 106 Å². The van der Waals surface area contributed by atoms with E-state index in [2.05, 4.69) is 27.8 Å². The summed E-state index contributed by atoms with van der Waals surface area (Å²) in [5.74, 6) is 2.40. The number of halogens is 1. The van der Waals surface area contributed by atoms with Gasteiger partial charge in [-0.3, -0.25) is 14.3 Å². The van der Waals surface area contributed by atoms with Crippen molar-refractivity contribution in [1.29, 1.82) is 0 Å². The number of imidazole rings is 1. The van der Waals surface area contributed by atoms with Crippen LogP contribution in [0.2, 0.25) is 0 Å². The number of nitrogens with zero attached hydrogens (tertiary/aromatic N) is 8. The molecule has 2 aromatic carbocycles. The maximum atomic E-state index is 15.3. The van der Waals surface area contributed by atoms with E-state index in [9.17, 15) is 4.79 Å². The molecule has 12 nitrogen and oxygen atoms in total. The van der Waals surface area contributed by atoms with Gasteiger partial charge < -0.3 is 24.6 Å². The summed E-state index contributed by atoms with van der Waals surface area (Å²) >= 11 is 0. The summed E-state index contributed by atoms with van der Waals surface area (Å²) in [5, 5.41) is 8.67. The molecule has 1 amide bonds. The minimum Gasteiger partial charge on any atom is -0.491 e. The van der Waals surface area contributed by atoms with Crippen LogP contribution in [0.5, 0.6) is 5.75 Å². The van der Waals surface area contributed by atoms with E-state index in [1.165, 1.54) is 12.1 Å². The number of aromatic nitrogens is 5. The number of likely N-dealkylation sites (tertiary alicyclic amines) is 1. The molecule has 7 heterocycles. The Morgan fingerprint density at radius 3 is 2.51 bits per heavy atom. The number of piperazine rings is 1. The van der Waals surface area contributed by atoms with E-state index in [0.29, 0.717) is 54.1 Å². The molecule has 9 rings (SSSR count). The highest BCUT2D eigenvalue weighted by molar-refractivity contribution is 5.87. The van der Waals surface area contributed by atoms with Crippen LogP contribution in [0.25, 0.3) is 34.1 Å². The number of ether oxygens (including phenoxy) is 2. The van der Waals surface area contributed by atoms with Gasteiger partial charge in [0.05, 0.1) is 36.5 Å². The van der Waals surface area contributed by atoms with E-state index in [4.69, 9.17) is 24.5 Å².